The molecule has 0 aliphatic rings. The van der Waals surface area contributed by atoms with Gasteiger partial charge in [-0.15, -0.1) is 0 Å². The Balaban J connectivity index is 2.29. The van der Waals surface area contributed by atoms with Crippen molar-refractivity contribution in [1.29, 1.82) is 0 Å². The molecule has 0 aliphatic carbocycles. The summed E-state index contributed by atoms with van der Waals surface area (Å²) in [5.74, 6) is -0.105. The molecule has 2 aromatic rings. The van der Waals surface area contributed by atoms with E-state index in [1.54, 1.807) is 12.4 Å². The zero-order valence-electron chi connectivity index (χ0n) is 15.1. The minimum Gasteiger partial charge on any atom is -0.371 e. The molecule has 0 saturated heterocycles. The van der Waals surface area contributed by atoms with Crippen LogP contribution < -0.4 is 10.2 Å². The van der Waals surface area contributed by atoms with Gasteiger partial charge in [0.2, 0.25) is 0 Å². The largest absolute Gasteiger partial charge is 0.371 e. The number of nitrogens with one attached hydrogen (secondary N) is 1. The maximum Gasteiger partial charge on any atom is 0.257 e. The lowest BCUT2D eigenvalue weighted by molar-refractivity contribution is 0.102. The summed E-state index contributed by atoms with van der Waals surface area (Å²) in [5.41, 5.74) is 4.84. The second kappa shape index (κ2) is 8.48. The fraction of sp³-hybridized carbons (Fsp3) is 0.400. The summed E-state index contributed by atoms with van der Waals surface area (Å²) in [4.78, 5) is 19.2. The van der Waals surface area contributed by atoms with Crippen LogP contribution in [0.3, 0.4) is 0 Å². The zero-order chi connectivity index (χ0) is 17.5. The quantitative estimate of drug-likeness (QED) is 0.825. The van der Waals surface area contributed by atoms with E-state index >= 15 is 0 Å². The molecule has 128 valence electrons. The Morgan fingerprint density at radius 1 is 1.04 bits per heavy atom. The van der Waals surface area contributed by atoms with Crippen molar-refractivity contribution in [3.05, 3.63) is 53.3 Å². The Kier molecular flexibility index (Phi) is 6.36. The zero-order valence-corrected chi connectivity index (χ0v) is 15.1. The van der Waals surface area contributed by atoms with Crippen molar-refractivity contribution in [3.63, 3.8) is 0 Å². The first-order valence-corrected chi connectivity index (χ1v) is 8.76. The van der Waals surface area contributed by atoms with Gasteiger partial charge in [-0.2, -0.15) is 0 Å². The monoisotopic (exact) mass is 325 g/mol. The van der Waals surface area contributed by atoms with Crippen molar-refractivity contribution in [3.8, 4) is 0 Å². The predicted octanol–water partition coefficient (Wildman–Crippen LogP) is 4.30. The molecular formula is C20H27N3O. The number of amides is 1. The Hall–Kier alpha value is -2.36. The molecule has 2 rings (SSSR count). The van der Waals surface area contributed by atoms with E-state index in [9.17, 15) is 4.79 Å². The molecule has 0 aliphatic heterocycles. The highest BCUT2D eigenvalue weighted by atomic mass is 16.1. The first-order chi connectivity index (χ1) is 11.6. The van der Waals surface area contributed by atoms with Crippen molar-refractivity contribution in [2.24, 2.45) is 0 Å². The van der Waals surface area contributed by atoms with E-state index in [1.807, 2.05) is 6.07 Å². The Morgan fingerprint density at radius 2 is 1.67 bits per heavy atom. The van der Waals surface area contributed by atoms with Gasteiger partial charge in [-0.3, -0.25) is 9.78 Å². The van der Waals surface area contributed by atoms with Gasteiger partial charge in [0.15, 0.2) is 0 Å². The number of nitrogens with zero attached hydrogens (tertiary/aromatic N) is 2. The number of rotatable bonds is 7. The Bertz CT molecular complexity index is 671. The van der Waals surface area contributed by atoms with Gasteiger partial charge in [0.05, 0.1) is 17.4 Å². The van der Waals surface area contributed by atoms with Gasteiger partial charge in [0, 0.05) is 25.0 Å². The molecule has 4 heteroatoms. The standard InChI is InChI=1S/C20H27N3O/c1-5-15-10-9-11-16(6-2)19(15)22-20(24)17-12-18(14-21-13-17)23(7-3)8-4/h9-14H,5-8H2,1-4H3,(H,22,24). The highest BCUT2D eigenvalue weighted by Gasteiger charge is 2.13. The number of pyridine rings is 1. The molecule has 0 radical (unpaired) electrons. The first-order valence-electron chi connectivity index (χ1n) is 8.76. The van der Waals surface area contributed by atoms with Crippen molar-refractivity contribution in [1.82, 2.24) is 4.98 Å². The molecule has 1 amide bonds. The average molecular weight is 325 g/mol. The SMILES string of the molecule is CCc1cccc(CC)c1NC(=O)c1cncc(N(CC)CC)c1. The molecule has 1 heterocycles. The molecule has 0 bridgehead atoms. The summed E-state index contributed by atoms with van der Waals surface area (Å²) in [5, 5.41) is 3.10. The summed E-state index contributed by atoms with van der Waals surface area (Å²) in [6, 6.07) is 8.10. The van der Waals surface area contributed by atoms with Crippen LogP contribution in [0.1, 0.15) is 49.2 Å². The number of carbonyl (C=O) groups excluding carboxylic acids is 1. The third-order valence-electron chi connectivity index (χ3n) is 4.35. The number of hydrogen-bond donors (Lipinski definition) is 1. The molecule has 0 atom stereocenters. The topological polar surface area (TPSA) is 45.2 Å². The summed E-state index contributed by atoms with van der Waals surface area (Å²) < 4.78 is 0. The molecule has 1 aromatic heterocycles. The minimum absolute atomic E-state index is 0.105. The summed E-state index contributed by atoms with van der Waals surface area (Å²) in [6.07, 6.45) is 5.21. The number of anilines is 2. The molecule has 0 fully saturated rings. The highest BCUT2D eigenvalue weighted by Crippen LogP contribution is 2.24. The summed E-state index contributed by atoms with van der Waals surface area (Å²) >= 11 is 0. The van der Waals surface area contributed by atoms with Gasteiger partial charge in [0.25, 0.3) is 5.91 Å². The molecule has 4 nitrogen and oxygen atoms in total. The van der Waals surface area contributed by atoms with Crippen LogP contribution in [0.5, 0.6) is 0 Å². The number of carbonyl (C=O) groups is 1. The molecule has 0 unspecified atom stereocenters. The lowest BCUT2D eigenvalue weighted by Gasteiger charge is -2.21. The van der Waals surface area contributed by atoms with Gasteiger partial charge < -0.3 is 10.2 Å². The molecule has 0 saturated carbocycles. The van der Waals surface area contributed by atoms with E-state index in [4.69, 9.17) is 0 Å². The van der Waals surface area contributed by atoms with E-state index in [1.165, 1.54) is 0 Å². The fourth-order valence-electron chi connectivity index (χ4n) is 2.90. The molecule has 1 N–H and O–H groups in total. The van der Waals surface area contributed by atoms with E-state index in [0.717, 1.165) is 48.4 Å². The van der Waals surface area contributed by atoms with E-state index in [-0.39, 0.29) is 5.91 Å². The van der Waals surface area contributed by atoms with Crippen molar-refractivity contribution in [2.75, 3.05) is 23.3 Å². The number of aryl methyl sites for hydroxylation is 2. The lowest BCUT2D eigenvalue weighted by Crippen LogP contribution is -2.23. The van der Waals surface area contributed by atoms with Crippen LogP contribution in [0.4, 0.5) is 11.4 Å². The average Bonchev–Trinajstić information content (AvgIpc) is 2.63. The third-order valence-corrected chi connectivity index (χ3v) is 4.35. The van der Waals surface area contributed by atoms with Crippen LogP contribution in [0, 0.1) is 0 Å². The highest BCUT2D eigenvalue weighted by molar-refractivity contribution is 6.05. The number of para-hydroxylation sites is 1. The van der Waals surface area contributed by atoms with Crippen LogP contribution in [0.2, 0.25) is 0 Å². The van der Waals surface area contributed by atoms with Gasteiger partial charge in [-0.05, 0) is 43.9 Å². The number of aromatic nitrogens is 1. The smallest absolute Gasteiger partial charge is 0.257 e. The molecule has 1 aromatic carbocycles. The van der Waals surface area contributed by atoms with Gasteiger partial charge in [0.1, 0.15) is 0 Å². The Labute approximate surface area is 144 Å². The molecule has 24 heavy (non-hydrogen) atoms. The second-order valence-electron chi connectivity index (χ2n) is 5.72. The first kappa shape index (κ1) is 18.0. The van der Waals surface area contributed by atoms with Gasteiger partial charge in [-0.1, -0.05) is 32.0 Å². The van der Waals surface area contributed by atoms with Crippen molar-refractivity contribution < 1.29 is 4.79 Å². The maximum atomic E-state index is 12.7. The fourth-order valence-corrected chi connectivity index (χ4v) is 2.90. The molecule has 0 spiro atoms. The van der Waals surface area contributed by atoms with Crippen LogP contribution in [-0.2, 0) is 12.8 Å². The van der Waals surface area contributed by atoms with E-state index in [0.29, 0.717) is 5.56 Å². The third kappa shape index (κ3) is 3.94. The van der Waals surface area contributed by atoms with E-state index in [2.05, 4.69) is 61.1 Å². The van der Waals surface area contributed by atoms with E-state index < -0.39 is 0 Å². The summed E-state index contributed by atoms with van der Waals surface area (Å²) in [7, 11) is 0. The van der Waals surface area contributed by atoms with Crippen LogP contribution >= 0.6 is 0 Å². The van der Waals surface area contributed by atoms with Gasteiger partial charge >= 0.3 is 0 Å². The molecular weight excluding hydrogens is 298 g/mol. The minimum atomic E-state index is -0.105. The Morgan fingerprint density at radius 3 is 2.21 bits per heavy atom. The number of hydrogen-bond acceptors (Lipinski definition) is 3. The predicted molar refractivity (Wildman–Crippen MR) is 101 cm³/mol. The van der Waals surface area contributed by atoms with Crippen molar-refractivity contribution in [2.45, 2.75) is 40.5 Å². The summed E-state index contributed by atoms with van der Waals surface area (Å²) in [6.45, 7) is 10.2. The maximum absolute atomic E-state index is 12.7. The lowest BCUT2D eigenvalue weighted by atomic mass is 10.0. The number of benzene rings is 1. The normalized spacial score (nSPS) is 10.5. The van der Waals surface area contributed by atoms with Gasteiger partial charge in [-0.25, -0.2) is 0 Å². The van der Waals surface area contributed by atoms with Crippen molar-refractivity contribution >= 4 is 17.3 Å². The van der Waals surface area contributed by atoms with Crippen LogP contribution in [-0.4, -0.2) is 24.0 Å². The second-order valence-corrected chi connectivity index (χ2v) is 5.72. The van der Waals surface area contributed by atoms with Crippen LogP contribution in [0.15, 0.2) is 36.7 Å². The van der Waals surface area contributed by atoms with Crippen LogP contribution in [0.25, 0.3) is 0 Å².